The summed E-state index contributed by atoms with van der Waals surface area (Å²) < 4.78 is 12.0. The number of benzene rings is 1. The maximum absolute atomic E-state index is 13.2. The molecule has 1 saturated carbocycles. The zero-order valence-electron chi connectivity index (χ0n) is 6.85. The lowest BCUT2D eigenvalue weighted by Crippen LogP contribution is -1.89. The van der Waals surface area contributed by atoms with Crippen LogP contribution in [-0.2, 0) is 0 Å². The molecule has 12 heavy (non-hydrogen) atoms. The summed E-state index contributed by atoms with van der Waals surface area (Å²) in [6.45, 7) is 2.04. The Morgan fingerprint density at radius 1 is 1.42 bits per heavy atom. The Morgan fingerprint density at radius 2 is 1.92 bits per heavy atom. The van der Waals surface area contributed by atoms with Crippen LogP contribution in [0.1, 0.15) is 23.5 Å². The molecule has 1 fully saturated rings. The van der Waals surface area contributed by atoms with Gasteiger partial charge in [0.2, 0.25) is 0 Å². The van der Waals surface area contributed by atoms with E-state index >= 15 is 0 Å². The summed E-state index contributed by atoms with van der Waals surface area (Å²) >= 11 is 3.04. The molecule has 0 heterocycles. The predicted octanol–water partition coefficient (Wildman–Crippen LogP) is 3.54. The predicted molar refractivity (Wildman–Crippen MR) is 51.3 cm³/mol. The van der Waals surface area contributed by atoms with E-state index < -0.39 is 4.58 Å². The first kappa shape index (κ1) is 8.24. The number of halogens is 2. The molecule has 2 atom stereocenters. The summed E-state index contributed by atoms with van der Waals surface area (Å²) in [4.78, 5) is 0. The first-order valence-corrected chi connectivity index (χ1v) is 4.83. The third kappa shape index (κ3) is 1.40. The van der Waals surface area contributed by atoms with Crippen LogP contribution in [0, 0.1) is 6.92 Å². The summed E-state index contributed by atoms with van der Waals surface area (Å²) in [6.07, 6.45) is 0.607. The van der Waals surface area contributed by atoms with Crippen molar-refractivity contribution in [2.75, 3.05) is 0 Å². The molecule has 0 spiro atoms. The summed E-state index contributed by atoms with van der Waals surface area (Å²) in [5, 5.41) is 0. The summed E-state index contributed by atoms with van der Waals surface area (Å²) in [6, 6.07) is 8.05. The lowest BCUT2D eigenvalue weighted by molar-refractivity contribution is 0.436. The quantitative estimate of drug-likeness (QED) is 0.646. The highest BCUT2D eigenvalue weighted by atomic mass is 79.9. The van der Waals surface area contributed by atoms with Crippen LogP contribution in [0.5, 0.6) is 0 Å². The van der Waals surface area contributed by atoms with Crippen LogP contribution in [0.3, 0.4) is 0 Å². The third-order valence-electron chi connectivity index (χ3n) is 2.31. The van der Waals surface area contributed by atoms with Gasteiger partial charge in [-0.3, -0.25) is 0 Å². The van der Waals surface area contributed by atoms with E-state index in [2.05, 4.69) is 15.9 Å². The number of aryl methyl sites for hydroxylation is 1. The van der Waals surface area contributed by atoms with E-state index in [1.54, 1.807) is 0 Å². The van der Waals surface area contributed by atoms with E-state index in [1.807, 2.05) is 31.2 Å². The van der Waals surface area contributed by atoms with Gasteiger partial charge in [0.15, 0.2) is 4.58 Å². The second-order valence-electron chi connectivity index (χ2n) is 3.43. The minimum Gasteiger partial charge on any atom is -0.231 e. The van der Waals surface area contributed by atoms with Gasteiger partial charge in [-0.2, -0.15) is 0 Å². The van der Waals surface area contributed by atoms with Crippen molar-refractivity contribution in [1.82, 2.24) is 0 Å². The summed E-state index contributed by atoms with van der Waals surface area (Å²) in [5.41, 5.74) is 2.32. The molecule has 0 saturated heterocycles. The SMILES string of the molecule is Cc1ccc(C2CC2(F)Br)cc1. The van der Waals surface area contributed by atoms with Crippen LogP contribution >= 0.6 is 15.9 Å². The second kappa shape index (κ2) is 2.56. The van der Waals surface area contributed by atoms with Gasteiger partial charge in [-0.1, -0.05) is 29.8 Å². The van der Waals surface area contributed by atoms with E-state index in [-0.39, 0.29) is 5.92 Å². The molecule has 0 N–H and O–H groups in total. The van der Waals surface area contributed by atoms with E-state index in [0.717, 1.165) is 5.56 Å². The Kier molecular flexibility index (Phi) is 1.76. The number of rotatable bonds is 1. The fraction of sp³-hybridized carbons (Fsp3) is 0.400. The maximum Gasteiger partial charge on any atom is 0.172 e. The first-order chi connectivity index (χ1) is 5.59. The molecule has 0 aliphatic heterocycles. The molecule has 0 nitrogen and oxygen atoms in total. The molecular formula is C10H10BrF. The minimum atomic E-state index is -1.12. The highest BCUT2D eigenvalue weighted by Gasteiger charge is 2.54. The van der Waals surface area contributed by atoms with Crippen LogP contribution in [0.4, 0.5) is 4.39 Å². The van der Waals surface area contributed by atoms with Crippen molar-refractivity contribution >= 4 is 15.9 Å². The van der Waals surface area contributed by atoms with Crippen LogP contribution in [0.15, 0.2) is 24.3 Å². The normalized spacial score (nSPS) is 33.4. The van der Waals surface area contributed by atoms with Gasteiger partial charge in [0.25, 0.3) is 0 Å². The average Bonchev–Trinajstić information content (AvgIpc) is 2.61. The van der Waals surface area contributed by atoms with Crippen molar-refractivity contribution in [3.05, 3.63) is 35.4 Å². The number of alkyl halides is 2. The van der Waals surface area contributed by atoms with Crippen molar-refractivity contribution < 1.29 is 4.39 Å². The van der Waals surface area contributed by atoms with Gasteiger partial charge < -0.3 is 0 Å². The smallest absolute Gasteiger partial charge is 0.172 e. The Labute approximate surface area is 79.9 Å². The third-order valence-corrected chi connectivity index (χ3v) is 3.18. The monoisotopic (exact) mass is 228 g/mol. The van der Waals surface area contributed by atoms with Gasteiger partial charge in [-0.15, -0.1) is 0 Å². The molecule has 2 rings (SSSR count). The van der Waals surface area contributed by atoms with E-state index in [9.17, 15) is 4.39 Å². The van der Waals surface area contributed by atoms with Crippen molar-refractivity contribution in [3.8, 4) is 0 Å². The molecule has 0 aromatic heterocycles. The van der Waals surface area contributed by atoms with E-state index in [1.165, 1.54) is 5.56 Å². The van der Waals surface area contributed by atoms with Gasteiger partial charge >= 0.3 is 0 Å². The standard InChI is InChI=1S/C10H10BrF/c1-7-2-4-8(5-3-7)9-6-10(9,11)12/h2-5,9H,6H2,1H3. The van der Waals surface area contributed by atoms with Gasteiger partial charge in [-0.25, -0.2) is 4.39 Å². The van der Waals surface area contributed by atoms with Crippen molar-refractivity contribution in [3.63, 3.8) is 0 Å². The van der Waals surface area contributed by atoms with Gasteiger partial charge in [-0.05, 0) is 28.4 Å². The van der Waals surface area contributed by atoms with Crippen molar-refractivity contribution in [2.24, 2.45) is 0 Å². The Bertz CT molecular complexity index is 289. The molecule has 64 valence electrons. The van der Waals surface area contributed by atoms with Crippen molar-refractivity contribution in [1.29, 1.82) is 0 Å². The first-order valence-electron chi connectivity index (χ1n) is 4.04. The molecule has 2 unspecified atom stereocenters. The molecule has 2 heteroatoms. The van der Waals surface area contributed by atoms with Gasteiger partial charge in [0.05, 0.1) is 0 Å². The zero-order valence-corrected chi connectivity index (χ0v) is 8.44. The van der Waals surface area contributed by atoms with E-state index in [0.29, 0.717) is 6.42 Å². The second-order valence-corrected chi connectivity index (χ2v) is 4.75. The average molecular weight is 229 g/mol. The van der Waals surface area contributed by atoms with Crippen LogP contribution in [0.2, 0.25) is 0 Å². The lowest BCUT2D eigenvalue weighted by Gasteiger charge is -1.99. The maximum atomic E-state index is 13.2. The fourth-order valence-electron chi connectivity index (χ4n) is 1.37. The molecular weight excluding hydrogens is 219 g/mol. The zero-order chi connectivity index (χ0) is 8.77. The van der Waals surface area contributed by atoms with Crippen molar-refractivity contribution in [2.45, 2.75) is 23.8 Å². The minimum absolute atomic E-state index is 0.0677. The van der Waals surface area contributed by atoms with Crippen LogP contribution in [-0.4, -0.2) is 4.58 Å². The van der Waals surface area contributed by atoms with E-state index in [4.69, 9.17) is 0 Å². The topological polar surface area (TPSA) is 0 Å². The fourth-order valence-corrected chi connectivity index (χ4v) is 1.96. The van der Waals surface area contributed by atoms with Crippen LogP contribution in [0.25, 0.3) is 0 Å². The molecule has 1 aliphatic rings. The Hall–Kier alpha value is -0.370. The Balaban J connectivity index is 2.21. The van der Waals surface area contributed by atoms with Gasteiger partial charge in [0, 0.05) is 12.3 Å². The number of hydrogen-bond acceptors (Lipinski definition) is 0. The molecule has 1 aromatic carbocycles. The molecule has 0 amide bonds. The highest BCUT2D eigenvalue weighted by molar-refractivity contribution is 9.10. The summed E-state index contributed by atoms with van der Waals surface area (Å²) in [5.74, 6) is 0.0677. The number of hydrogen-bond donors (Lipinski definition) is 0. The molecule has 0 radical (unpaired) electrons. The Morgan fingerprint density at radius 3 is 2.33 bits per heavy atom. The molecule has 1 aromatic rings. The molecule has 1 aliphatic carbocycles. The largest absolute Gasteiger partial charge is 0.231 e. The summed E-state index contributed by atoms with van der Waals surface area (Å²) in [7, 11) is 0. The lowest BCUT2D eigenvalue weighted by atomic mass is 10.1. The van der Waals surface area contributed by atoms with Gasteiger partial charge in [0.1, 0.15) is 0 Å². The van der Waals surface area contributed by atoms with Crippen LogP contribution < -0.4 is 0 Å². The molecule has 0 bridgehead atoms. The highest BCUT2D eigenvalue weighted by Crippen LogP contribution is 2.58.